The molecule has 0 aliphatic carbocycles. The molecule has 1 atom stereocenters. The number of unbranched alkanes of at least 4 members (excludes halogenated alkanes) is 9. The summed E-state index contributed by atoms with van der Waals surface area (Å²) < 4.78 is 2.61. The molecule has 0 radical (unpaired) electrons. The molecule has 0 bridgehead atoms. The molecule has 1 heterocycles. The van der Waals surface area contributed by atoms with Crippen molar-refractivity contribution in [3.8, 4) is 0 Å². The van der Waals surface area contributed by atoms with E-state index >= 15 is 0 Å². The van der Waals surface area contributed by atoms with Gasteiger partial charge in [-0.15, -0.1) is 0 Å². The Morgan fingerprint density at radius 1 is 0.885 bits per heavy atom. The molecule has 0 amide bonds. The average Bonchev–Trinajstić information content (AvgIpc) is 2.92. The van der Waals surface area contributed by atoms with Gasteiger partial charge in [-0.3, -0.25) is 9.48 Å². The fourth-order valence-electron chi connectivity index (χ4n) is 4.14. The van der Waals surface area contributed by atoms with Gasteiger partial charge in [0.1, 0.15) is 19.1 Å². The highest BCUT2D eigenvalue weighted by molar-refractivity contribution is 5.76. The van der Waals surface area contributed by atoms with Gasteiger partial charge in [-0.05, 0) is 25.3 Å². The number of amidine groups is 1. The lowest BCUT2D eigenvalue weighted by Crippen LogP contribution is -2.32. The Bertz CT molecular complexity index is 520. The molecule has 2 nitrogen and oxygen atoms in total. The molecule has 2 heteroatoms. The molecule has 2 rings (SSSR count). The van der Waals surface area contributed by atoms with Crippen LogP contribution >= 0.6 is 0 Å². The van der Waals surface area contributed by atoms with Crippen molar-refractivity contribution in [3.63, 3.8) is 0 Å². The minimum atomic E-state index is 0.623. The molecular formula is C24H41N2+. The Balaban J connectivity index is 1.61. The molecule has 1 aromatic rings. The van der Waals surface area contributed by atoms with Crippen molar-refractivity contribution in [1.82, 2.24) is 4.90 Å². The highest BCUT2D eigenvalue weighted by atomic mass is 15.3. The number of rotatable bonds is 13. The second-order valence-electron chi connectivity index (χ2n) is 8.14. The quantitative estimate of drug-likeness (QED) is 0.299. The molecule has 0 N–H and O–H groups in total. The molecule has 0 saturated carbocycles. The number of benzene rings is 1. The van der Waals surface area contributed by atoms with Crippen LogP contribution in [-0.4, -0.2) is 34.4 Å². The predicted molar refractivity (Wildman–Crippen MR) is 114 cm³/mol. The van der Waals surface area contributed by atoms with E-state index in [0.29, 0.717) is 6.04 Å². The van der Waals surface area contributed by atoms with Crippen molar-refractivity contribution in [3.05, 3.63) is 35.9 Å². The lowest BCUT2D eigenvalue weighted by molar-refractivity contribution is -0.522. The molecule has 1 aliphatic rings. The molecule has 0 aromatic heterocycles. The Hall–Kier alpha value is -1.31. The van der Waals surface area contributed by atoms with Gasteiger partial charge in [0.2, 0.25) is 5.84 Å². The van der Waals surface area contributed by atoms with Gasteiger partial charge in [-0.2, -0.15) is 0 Å². The first kappa shape index (κ1) is 21.0. The first-order valence-electron chi connectivity index (χ1n) is 11.1. The third-order valence-electron chi connectivity index (χ3n) is 5.87. The molecule has 1 aromatic carbocycles. The molecule has 1 aliphatic heterocycles. The summed E-state index contributed by atoms with van der Waals surface area (Å²) in [6.07, 6.45) is 14.2. The number of nitrogens with zero attached hydrogens (tertiary/aromatic N) is 2. The topological polar surface area (TPSA) is 6.25 Å². The van der Waals surface area contributed by atoms with Crippen LogP contribution in [0.25, 0.3) is 0 Å². The van der Waals surface area contributed by atoms with E-state index in [4.69, 9.17) is 0 Å². The van der Waals surface area contributed by atoms with Crippen molar-refractivity contribution in [2.45, 2.75) is 97.6 Å². The van der Waals surface area contributed by atoms with Crippen LogP contribution in [0.5, 0.6) is 0 Å². The van der Waals surface area contributed by atoms with Crippen LogP contribution < -0.4 is 0 Å². The van der Waals surface area contributed by atoms with E-state index in [2.05, 4.69) is 60.6 Å². The normalized spacial score (nSPS) is 17.3. The fourth-order valence-corrected chi connectivity index (χ4v) is 4.14. The van der Waals surface area contributed by atoms with Gasteiger partial charge in [0, 0.05) is 6.92 Å². The van der Waals surface area contributed by atoms with Crippen LogP contribution in [0.2, 0.25) is 0 Å². The molecule has 0 fully saturated rings. The van der Waals surface area contributed by atoms with Gasteiger partial charge in [-0.1, -0.05) is 88.6 Å². The molecule has 0 spiro atoms. The highest BCUT2D eigenvalue weighted by Gasteiger charge is 2.33. The van der Waals surface area contributed by atoms with Crippen LogP contribution in [-0.2, 0) is 6.54 Å². The molecule has 26 heavy (non-hydrogen) atoms. The summed E-state index contributed by atoms with van der Waals surface area (Å²) in [5.41, 5.74) is 1.42. The van der Waals surface area contributed by atoms with Crippen LogP contribution in [0.3, 0.4) is 0 Å². The minimum Gasteiger partial charge on any atom is -0.262 e. The Labute approximate surface area is 162 Å². The zero-order chi connectivity index (χ0) is 18.6. The van der Waals surface area contributed by atoms with Gasteiger partial charge in [0.05, 0.1) is 6.54 Å². The van der Waals surface area contributed by atoms with Crippen LogP contribution in [0.15, 0.2) is 30.3 Å². The fraction of sp³-hybridized carbons (Fsp3) is 0.708. The van der Waals surface area contributed by atoms with Crippen molar-refractivity contribution in [1.29, 1.82) is 0 Å². The van der Waals surface area contributed by atoms with Gasteiger partial charge in [0.25, 0.3) is 0 Å². The second kappa shape index (κ2) is 12.1. The Morgan fingerprint density at radius 3 is 2.08 bits per heavy atom. The summed E-state index contributed by atoms with van der Waals surface area (Å²) in [5, 5.41) is 0. The van der Waals surface area contributed by atoms with E-state index < -0.39 is 0 Å². The monoisotopic (exact) mass is 357 g/mol. The van der Waals surface area contributed by atoms with Gasteiger partial charge in [-0.25, -0.2) is 0 Å². The summed E-state index contributed by atoms with van der Waals surface area (Å²) in [6.45, 7) is 10.4. The smallest absolute Gasteiger partial charge is 0.244 e. The van der Waals surface area contributed by atoms with Gasteiger partial charge in [0.15, 0.2) is 0 Å². The highest BCUT2D eigenvalue weighted by Crippen LogP contribution is 2.16. The number of hydrogen-bond donors (Lipinski definition) is 0. The SMILES string of the molecule is CCCCCCCCCCCC[N+]1=C(C)N(Cc2ccccc2)C(C)C1. The predicted octanol–water partition coefficient (Wildman–Crippen LogP) is 6.24. The Kier molecular flexibility index (Phi) is 9.81. The zero-order valence-corrected chi connectivity index (χ0v) is 17.6. The number of hydrogen-bond acceptors (Lipinski definition) is 1. The maximum atomic E-state index is 2.61. The Morgan fingerprint density at radius 2 is 1.46 bits per heavy atom. The van der Waals surface area contributed by atoms with E-state index in [1.54, 1.807) is 0 Å². The summed E-state index contributed by atoms with van der Waals surface area (Å²) in [5.74, 6) is 1.47. The summed E-state index contributed by atoms with van der Waals surface area (Å²) in [7, 11) is 0. The molecule has 146 valence electrons. The van der Waals surface area contributed by atoms with Crippen LogP contribution in [0, 0.1) is 0 Å². The van der Waals surface area contributed by atoms with Crippen molar-refractivity contribution in [2.75, 3.05) is 13.1 Å². The van der Waals surface area contributed by atoms with Crippen molar-refractivity contribution >= 4 is 5.84 Å². The third kappa shape index (κ3) is 7.13. The van der Waals surface area contributed by atoms with E-state index in [-0.39, 0.29) is 0 Å². The van der Waals surface area contributed by atoms with Crippen LogP contribution in [0.4, 0.5) is 0 Å². The molecular weight excluding hydrogens is 316 g/mol. The molecule has 0 saturated heterocycles. The van der Waals surface area contributed by atoms with E-state index in [0.717, 1.165) is 6.54 Å². The lowest BCUT2D eigenvalue weighted by Gasteiger charge is -2.16. The standard InChI is InChI=1S/C24H41N2/c1-4-5-6-7-8-9-10-11-12-16-19-25-20-22(2)26(23(25)3)21-24-17-14-13-15-18-24/h13-15,17-18,22H,4-12,16,19-21H2,1-3H3/q+1. The van der Waals surface area contributed by atoms with E-state index in [1.807, 2.05) is 0 Å². The zero-order valence-electron chi connectivity index (χ0n) is 17.6. The second-order valence-corrected chi connectivity index (χ2v) is 8.14. The van der Waals surface area contributed by atoms with Crippen molar-refractivity contribution < 1.29 is 4.58 Å². The van der Waals surface area contributed by atoms with Crippen LogP contribution in [0.1, 0.15) is 90.5 Å². The molecule has 1 unspecified atom stereocenters. The largest absolute Gasteiger partial charge is 0.262 e. The first-order valence-corrected chi connectivity index (χ1v) is 11.1. The average molecular weight is 358 g/mol. The summed E-state index contributed by atoms with van der Waals surface area (Å²) >= 11 is 0. The maximum absolute atomic E-state index is 2.61. The summed E-state index contributed by atoms with van der Waals surface area (Å²) in [4.78, 5) is 2.58. The first-order chi connectivity index (χ1) is 12.7. The van der Waals surface area contributed by atoms with E-state index in [9.17, 15) is 0 Å². The van der Waals surface area contributed by atoms with Gasteiger partial charge >= 0.3 is 0 Å². The van der Waals surface area contributed by atoms with Crippen molar-refractivity contribution in [2.24, 2.45) is 0 Å². The summed E-state index contributed by atoms with van der Waals surface area (Å²) in [6, 6.07) is 11.5. The van der Waals surface area contributed by atoms with Gasteiger partial charge < -0.3 is 0 Å². The minimum absolute atomic E-state index is 0.623. The lowest BCUT2D eigenvalue weighted by atomic mass is 10.1. The third-order valence-corrected chi connectivity index (χ3v) is 5.87. The maximum Gasteiger partial charge on any atom is 0.244 e. The van der Waals surface area contributed by atoms with E-state index in [1.165, 1.54) is 88.7 Å².